The van der Waals surface area contributed by atoms with Crippen LogP contribution in [-0.4, -0.2) is 0 Å². The van der Waals surface area contributed by atoms with E-state index >= 15 is 0 Å². The van der Waals surface area contributed by atoms with Crippen molar-refractivity contribution in [2.24, 2.45) is 5.92 Å². The third-order valence-electron chi connectivity index (χ3n) is 13.7. The van der Waals surface area contributed by atoms with Crippen LogP contribution in [0.3, 0.4) is 0 Å². The minimum absolute atomic E-state index is 0.0482. The Morgan fingerprint density at radius 1 is 0.439 bits per heavy atom. The highest BCUT2D eigenvalue weighted by molar-refractivity contribution is 6.02. The molecule has 0 aromatic heterocycles. The van der Waals surface area contributed by atoms with Crippen molar-refractivity contribution in [3.8, 4) is 33.4 Å². The fourth-order valence-corrected chi connectivity index (χ4v) is 11.2. The maximum Gasteiger partial charge on any atom is 0.0726 e. The first-order valence-electron chi connectivity index (χ1n) is 20.3. The lowest BCUT2D eigenvalue weighted by Gasteiger charge is -2.32. The number of nitrogens with zero attached hydrogens (tertiary/aromatic N) is 1. The zero-order valence-electron chi connectivity index (χ0n) is 32.2. The molecule has 270 valence electrons. The van der Waals surface area contributed by atoms with Crippen LogP contribution in [0.4, 0.5) is 17.1 Å². The molecule has 4 aliphatic rings. The van der Waals surface area contributed by atoms with Crippen molar-refractivity contribution < 1.29 is 0 Å². The molecule has 4 aliphatic carbocycles. The first-order chi connectivity index (χ1) is 28.0. The van der Waals surface area contributed by atoms with Gasteiger partial charge in [-0.1, -0.05) is 178 Å². The quantitative estimate of drug-likeness (QED) is 0.174. The van der Waals surface area contributed by atoms with E-state index in [1.165, 1.54) is 88.9 Å². The van der Waals surface area contributed by atoms with E-state index in [0.29, 0.717) is 11.8 Å². The summed E-state index contributed by atoms with van der Waals surface area (Å²) in [6.45, 7) is 4.84. The van der Waals surface area contributed by atoms with E-state index < -0.39 is 5.41 Å². The Bertz CT molecular complexity index is 2970. The highest BCUT2D eigenvalue weighted by Gasteiger charge is 2.52. The molecule has 1 heteroatoms. The maximum atomic E-state index is 2.55. The van der Waals surface area contributed by atoms with Gasteiger partial charge in [-0.15, -0.1) is 0 Å². The van der Waals surface area contributed by atoms with Gasteiger partial charge in [0.2, 0.25) is 0 Å². The van der Waals surface area contributed by atoms with E-state index in [9.17, 15) is 0 Å². The molecule has 8 aromatic rings. The van der Waals surface area contributed by atoms with Gasteiger partial charge >= 0.3 is 0 Å². The zero-order valence-corrected chi connectivity index (χ0v) is 32.2. The van der Waals surface area contributed by atoms with Crippen molar-refractivity contribution in [2.45, 2.75) is 30.6 Å². The van der Waals surface area contributed by atoms with Gasteiger partial charge in [0.15, 0.2) is 0 Å². The van der Waals surface area contributed by atoms with Crippen LogP contribution >= 0.6 is 0 Å². The van der Waals surface area contributed by atoms with Gasteiger partial charge in [-0.25, -0.2) is 0 Å². The van der Waals surface area contributed by atoms with Gasteiger partial charge in [0.05, 0.1) is 11.1 Å². The SMILES string of the molecule is CC1(C)c2ccc(N(c3ccc4cc(-c5ccccc5)ccc4c3)c3cccc4c3-c3ccccc3C43c4ccccc4-c4ccccc43)cc2C2C=CC=CC21. The number of benzene rings is 8. The Morgan fingerprint density at radius 2 is 1.04 bits per heavy atom. The van der Waals surface area contributed by atoms with Crippen LogP contribution in [0.5, 0.6) is 0 Å². The van der Waals surface area contributed by atoms with E-state index in [1.807, 2.05) is 0 Å². The summed E-state index contributed by atoms with van der Waals surface area (Å²) < 4.78 is 0. The van der Waals surface area contributed by atoms with E-state index in [1.54, 1.807) is 0 Å². The molecular weight excluding hydrogens is 687 g/mol. The molecular formula is C56H41N. The molecule has 2 unspecified atom stereocenters. The molecule has 2 atom stereocenters. The van der Waals surface area contributed by atoms with Gasteiger partial charge in [-0.3, -0.25) is 0 Å². The molecule has 12 rings (SSSR count). The van der Waals surface area contributed by atoms with Crippen molar-refractivity contribution in [2.75, 3.05) is 4.90 Å². The minimum atomic E-state index is -0.410. The second-order valence-corrected chi connectivity index (χ2v) is 16.8. The number of hydrogen-bond donors (Lipinski definition) is 0. The Balaban J connectivity index is 1.12. The fourth-order valence-electron chi connectivity index (χ4n) is 11.2. The topological polar surface area (TPSA) is 3.24 Å². The average molecular weight is 728 g/mol. The number of anilines is 3. The lowest BCUT2D eigenvalue weighted by Crippen LogP contribution is -2.26. The van der Waals surface area contributed by atoms with Crippen LogP contribution < -0.4 is 4.90 Å². The van der Waals surface area contributed by atoms with Crippen LogP contribution in [0, 0.1) is 5.92 Å². The number of allylic oxidation sites excluding steroid dienone is 4. The molecule has 1 nitrogen and oxygen atoms in total. The number of hydrogen-bond acceptors (Lipinski definition) is 1. The monoisotopic (exact) mass is 727 g/mol. The molecule has 8 aromatic carbocycles. The van der Waals surface area contributed by atoms with Crippen LogP contribution in [0.2, 0.25) is 0 Å². The summed E-state index contributed by atoms with van der Waals surface area (Å²) in [5.74, 6) is 0.794. The second kappa shape index (κ2) is 11.9. The molecule has 57 heavy (non-hydrogen) atoms. The van der Waals surface area contributed by atoms with Crippen LogP contribution in [0.1, 0.15) is 53.1 Å². The molecule has 0 aliphatic heterocycles. The third kappa shape index (κ3) is 4.40. The van der Waals surface area contributed by atoms with Crippen LogP contribution in [0.25, 0.3) is 44.2 Å². The predicted molar refractivity (Wildman–Crippen MR) is 238 cm³/mol. The second-order valence-electron chi connectivity index (χ2n) is 16.8. The molecule has 0 fully saturated rings. The van der Waals surface area contributed by atoms with Gasteiger partial charge in [0.25, 0.3) is 0 Å². The van der Waals surface area contributed by atoms with Gasteiger partial charge in [0, 0.05) is 22.9 Å². The maximum absolute atomic E-state index is 2.55. The predicted octanol–water partition coefficient (Wildman–Crippen LogP) is 14.4. The smallest absolute Gasteiger partial charge is 0.0726 e. The molecule has 0 saturated heterocycles. The van der Waals surface area contributed by atoms with Crippen LogP contribution in [-0.2, 0) is 10.8 Å². The van der Waals surface area contributed by atoms with E-state index in [0.717, 1.165) is 5.69 Å². The Hall–Kier alpha value is -6.70. The highest BCUT2D eigenvalue weighted by Crippen LogP contribution is 2.65. The average Bonchev–Trinajstić information content (AvgIpc) is 3.83. The molecule has 0 bridgehead atoms. The van der Waals surface area contributed by atoms with E-state index in [2.05, 4.69) is 219 Å². The Labute approximate surface area is 334 Å². The lowest BCUT2D eigenvalue weighted by molar-refractivity contribution is 0.394. The highest BCUT2D eigenvalue weighted by atomic mass is 15.1. The first-order valence-corrected chi connectivity index (χ1v) is 20.3. The summed E-state index contributed by atoms with van der Waals surface area (Å²) in [4.78, 5) is 2.55. The normalized spacial score (nSPS) is 18.1. The largest absolute Gasteiger partial charge is 0.310 e. The number of rotatable bonds is 4. The molecule has 0 amide bonds. The summed E-state index contributed by atoms with van der Waals surface area (Å²) in [7, 11) is 0. The summed E-state index contributed by atoms with van der Waals surface area (Å²) in [6.07, 6.45) is 9.32. The lowest BCUT2D eigenvalue weighted by atomic mass is 9.70. The molecule has 0 heterocycles. The summed E-state index contributed by atoms with van der Waals surface area (Å²) in [5, 5.41) is 2.46. The number of fused-ring (bicyclic) bond motifs is 14. The van der Waals surface area contributed by atoms with Crippen LogP contribution in [0.15, 0.2) is 200 Å². The Kier molecular flexibility index (Phi) is 6.79. The van der Waals surface area contributed by atoms with Crippen molar-refractivity contribution in [3.63, 3.8) is 0 Å². The van der Waals surface area contributed by atoms with Crippen molar-refractivity contribution in [1.29, 1.82) is 0 Å². The summed E-state index contributed by atoms with van der Waals surface area (Å²) >= 11 is 0. The molecule has 0 radical (unpaired) electrons. The van der Waals surface area contributed by atoms with Gasteiger partial charge in [0.1, 0.15) is 0 Å². The van der Waals surface area contributed by atoms with Gasteiger partial charge in [-0.05, 0) is 120 Å². The fraction of sp³-hybridized carbons (Fsp3) is 0.107. The molecule has 0 N–H and O–H groups in total. The third-order valence-corrected chi connectivity index (χ3v) is 13.7. The van der Waals surface area contributed by atoms with Gasteiger partial charge < -0.3 is 4.90 Å². The summed E-state index contributed by atoms with van der Waals surface area (Å²) in [5.41, 5.74) is 19.2. The van der Waals surface area contributed by atoms with E-state index in [-0.39, 0.29) is 5.41 Å². The zero-order chi connectivity index (χ0) is 37.9. The first kappa shape index (κ1) is 32.5. The van der Waals surface area contributed by atoms with Crippen molar-refractivity contribution in [1.82, 2.24) is 0 Å². The Morgan fingerprint density at radius 3 is 1.81 bits per heavy atom. The van der Waals surface area contributed by atoms with E-state index in [4.69, 9.17) is 0 Å². The summed E-state index contributed by atoms with van der Waals surface area (Å²) in [6, 6.07) is 66.3. The van der Waals surface area contributed by atoms with Crippen molar-refractivity contribution >= 4 is 27.8 Å². The van der Waals surface area contributed by atoms with Gasteiger partial charge in [-0.2, -0.15) is 0 Å². The standard InChI is InChI=1S/C56H41N/c1-55(2)47-21-10-6-19-44(47)46-35-41(31-32-48(46)55)57(40-30-29-38-33-37(27-28-39(38)34-40)36-15-4-3-5-16-36)53-26-14-25-52-54(53)45-20-9-13-24-51(45)56(52)49-22-11-7-17-42(49)43-18-8-12-23-50(43)56/h3-35,44,47H,1-2H3. The molecule has 1 spiro atoms. The minimum Gasteiger partial charge on any atom is -0.310 e. The molecule has 0 saturated carbocycles. The van der Waals surface area contributed by atoms with Crippen molar-refractivity contribution in [3.05, 3.63) is 234 Å².